The second-order valence-corrected chi connectivity index (χ2v) is 6.16. The van der Waals surface area contributed by atoms with Gasteiger partial charge in [0.2, 0.25) is 0 Å². The minimum absolute atomic E-state index is 0.140. The van der Waals surface area contributed by atoms with Crippen LogP contribution in [0.5, 0.6) is 11.5 Å². The van der Waals surface area contributed by atoms with E-state index in [1.165, 1.54) is 30.4 Å². The molecule has 1 heterocycles. The van der Waals surface area contributed by atoms with Gasteiger partial charge in [0.25, 0.3) is 0 Å². The Morgan fingerprint density at radius 3 is 2.81 bits per heavy atom. The van der Waals surface area contributed by atoms with Gasteiger partial charge >= 0.3 is 5.97 Å². The number of rotatable bonds is 5. The fourth-order valence-electron chi connectivity index (χ4n) is 2.44. The largest absolute Gasteiger partial charge is 0.489 e. The Kier molecular flexibility index (Phi) is 6.08. The van der Waals surface area contributed by atoms with Crippen LogP contribution in [0.4, 0.5) is 4.39 Å². The molecule has 0 bridgehead atoms. The van der Waals surface area contributed by atoms with Gasteiger partial charge in [-0.05, 0) is 35.9 Å². The van der Waals surface area contributed by atoms with Crippen LogP contribution in [0.1, 0.15) is 22.3 Å². The highest BCUT2D eigenvalue weighted by Gasteiger charge is 2.15. The van der Waals surface area contributed by atoms with Gasteiger partial charge in [0, 0.05) is 18.1 Å². The lowest BCUT2D eigenvalue weighted by atomic mass is 10.1. The molecule has 0 unspecified atom stereocenters. The van der Waals surface area contributed by atoms with Gasteiger partial charge in [0.1, 0.15) is 5.82 Å². The average molecular weight is 391 g/mol. The summed E-state index contributed by atoms with van der Waals surface area (Å²) in [4.78, 5) is 23.7. The van der Waals surface area contributed by atoms with E-state index in [-0.39, 0.29) is 5.56 Å². The van der Waals surface area contributed by atoms with Crippen LogP contribution >= 0.6 is 11.6 Å². The van der Waals surface area contributed by atoms with Crippen molar-refractivity contribution in [2.45, 2.75) is 6.42 Å². The van der Waals surface area contributed by atoms with E-state index in [0.29, 0.717) is 35.3 Å². The molecule has 0 aliphatic carbocycles. The fraction of sp³-hybridized carbons (Fsp3) is 0.200. The van der Waals surface area contributed by atoms with Crippen LogP contribution in [0.15, 0.2) is 42.5 Å². The van der Waals surface area contributed by atoms with Crippen LogP contribution in [0.3, 0.4) is 0 Å². The Labute approximate surface area is 160 Å². The monoisotopic (exact) mass is 390 g/mol. The molecule has 0 saturated heterocycles. The van der Waals surface area contributed by atoms with Crippen molar-refractivity contribution >= 4 is 29.4 Å². The van der Waals surface area contributed by atoms with Gasteiger partial charge in [-0.15, -0.1) is 0 Å². The standard InChI is InChI=1S/C20H16ClFO5/c21-16-9-13(10-18-20(16)26-8-2-7-25-18)5-6-19(24)27-12-17(23)14-3-1-4-15(22)11-14/h1,3-6,9-11H,2,7-8,12H2/b6-5+. The molecule has 0 atom stereocenters. The molecule has 0 amide bonds. The number of halogens is 2. The first-order valence-corrected chi connectivity index (χ1v) is 8.63. The lowest BCUT2D eigenvalue weighted by Gasteiger charge is -2.09. The fourth-order valence-corrected chi connectivity index (χ4v) is 2.71. The van der Waals surface area contributed by atoms with E-state index < -0.39 is 24.2 Å². The molecule has 2 aromatic carbocycles. The molecule has 0 N–H and O–H groups in total. The highest BCUT2D eigenvalue weighted by Crippen LogP contribution is 2.38. The summed E-state index contributed by atoms with van der Waals surface area (Å²) >= 11 is 6.19. The van der Waals surface area contributed by atoms with Gasteiger partial charge < -0.3 is 14.2 Å². The number of Topliss-reactive ketones (excluding diaryl/α,β-unsaturated/α-hetero) is 1. The quantitative estimate of drug-likeness (QED) is 0.437. The number of carbonyl (C=O) groups is 2. The van der Waals surface area contributed by atoms with E-state index in [9.17, 15) is 14.0 Å². The Morgan fingerprint density at radius 1 is 1.19 bits per heavy atom. The molecule has 3 rings (SSSR count). The zero-order valence-corrected chi connectivity index (χ0v) is 15.0. The van der Waals surface area contributed by atoms with Crippen molar-refractivity contribution < 1.29 is 28.2 Å². The zero-order valence-electron chi connectivity index (χ0n) is 14.2. The Morgan fingerprint density at radius 2 is 2.00 bits per heavy atom. The number of esters is 1. The second-order valence-electron chi connectivity index (χ2n) is 5.76. The first-order valence-electron chi connectivity index (χ1n) is 8.25. The van der Waals surface area contributed by atoms with Crippen LogP contribution in [0, 0.1) is 5.82 Å². The van der Waals surface area contributed by atoms with Crippen LogP contribution in [-0.4, -0.2) is 31.6 Å². The number of hydrogen-bond donors (Lipinski definition) is 0. The van der Waals surface area contributed by atoms with E-state index in [2.05, 4.69) is 0 Å². The highest BCUT2D eigenvalue weighted by atomic mass is 35.5. The molecule has 5 nitrogen and oxygen atoms in total. The maximum atomic E-state index is 13.1. The average Bonchev–Trinajstić information content (AvgIpc) is 2.90. The van der Waals surface area contributed by atoms with E-state index in [1.54, 1.807) is 12.1 Å². The molecule has 0 fully saturated rings. The van der Waals surface area contributed by atoms with Crippen molar-refractivity contribution in [1.82, 2.24) is 0 Å². The van der Waals surface area contributed by atoms with Crippen LogP contribution in [0.25, 0.3) is 6.08 Å². The van der Waals surface area contributed by atoms with Crippen molar-refractivity contribution in [2.75, 3.05) is 19.8 Å². The molecule has 27 heavy (non-hydrogen) atoms. The molecular weight excluding hydrogens is 375 g/mol. The maximum absolute atomic E-state index is 13.1. The van der Waals surface area contributed by atoms with Crippen molar-refractivity contribution in [1.29, 1.82) is 0 Å². The number of ether oxygens (including phenoxy) is 3. The second kappa shape index (κ2) is 8.68. The summed E-state index contributed by atoms with van der Waals surface area (Å²) in [6.07, 6.45) is 3.42. The Bertz CT molecular complexity index is 894. The molecule has 1 aliphatic heterocycles. The number of hydrogen-bond acceptors (Lipinski definition) is 5. The summed E-state index contributed by atoms with van der Waals surface area (Å²) in [5.41, 5.74) is 0.763. The number of benzene rings is 2. The molecule has 0 spiro atoms. The SMILES string of the molecule is O=C(/C=C/c1cc(Cl)c2c(c1)OCCCO2)OCC(=O)c1cccc(F)c1. The molecule has 0 aromatic heterocycles. The minimum Gasteiger partial charge on any atom is -0.489 e. The molecule has 1 aliphatic rings. The molecule has 0 radical (unpaired) electrons. The molecule has 2 aromatic rings. The highest BCUT2D eigenvalue weighted by molar-refractivity contribution is 6.32. The van der Waals surface area contributed by atoms with Crippen LogP contribution in [-0.2, 0) is 9.53 Å². The van der Waals surface area contributed by atoms with Crippen molar-refractivity contribution in [3.05, 3.63) is 64.4 Å². The van der Waals surface area contributed by atoms with Crippen LogP contribution < -0.4 is 9.47 Å². The van der Waals surface area contributed by atoms with Gasteiger partial charge in [-0.3, -0.25) is 4.79 Å². The number of fused-ring (bicyclic) bond motifs is 1. The summed E-state index contributed by atoms with van der Waals surface area (Å²) in [5, 5.41) is 0.378. The summed E-state index contributed by atoms with van der Waals surface area (Å²) in [6.45, 7) is 0.558. The van der Waals surface area contributed by atoms with Crippen molar-refractivity contribution in [3.8, 4) is 11.5 Å². The lowest BCUT2D eigenvalue weighted by molar-refractivity contribution is -0.136. The summed E-state index contributed by atoms with van der Waals surface area (Å²) in [6, 6.07) is 8.52. The zero-order chi connectivity index (χ0) is 19.2. The summed E-state index contributed by atoms with van der Waals surface area (Å²) in [5.74, 6) is -0.736. The molecule has 7 heteroatoms. The van der Waals surface area contributed by atoms with Crippen LogP contribution in [0.2, 0.25) is 5.02 Å². The third kappa shape index (κ3) is 5.08. The lowest BCUT2D eigenvalue weighted by Crippen LogP contribution is -2.12. The van der Waals surface area contributed by atoms with E-state index in [4.69, 9.17) is 25.8 Å². The Balaban J connectivity index is 1.61. The van der Waals surface area contributed by atoms with Gasteiger partial charge in [0.15, 0.2) is 23.9 Å². The van der Waals surface area contributed by atoms with Gasteiger partial charge in [-0.25, -0.2) is 9.18 Å². The molecular formula is C20H16ClFO5. The smallest absolute Gasteiger partial charge is 0.331 e. The van der Waals surface area contributed by atoms with Crippen molar-refractivity contribution in [2.24, 2.45) is 0 Å². The predicted molar refractivity (Wildman–Crippen MR) is 97.8 cm³/mol. The summed E-state index contributed by atoms with van der Waals surface area (Å²) < 4.78 is 29.1. The molecule has 140 valence electrons. The van der Waals surface area contributed by atoms with E-state index >= 15 is 0 Å². The predicted octanol–water partition coefficient (Wildman–Crippen LogP) is 4.08. The van der Waals surface area contributed by atoms with Gasteiger partial charge in [-0.2, -0.15) is 0 Å². The minimum atomic E-state index is -0.706. The number of ketones is 1. The van der Waals surface area contributed by atoms with E-state index in [0.717, 1.165) is 12.5 Å². The van der Waals surface area contributed by atoms with Gasteiger partial charge in [-0.1, -0.05) is 23.7 Å². The first-order chi connectivity index (χ1) is 13.0. The normalized spacial score (nSPS) is 13.3. The Hall–Kier alpha value is -2.86. The van der Waals surface area contributed by atoms with Gasteiger partial charge in [0.05, 0.1) is 18.2 Å². The maximum Gasteiger partial charge on any atom is 0.331 e. The van der Waals surface area contributed by atoms with Crippen molar-refractivity contribution in [3.63, 3.8) is 0 Å². The van der Waals surface area contributed by atoms with E-state index in [1.807, 2.05) is 0 Å². The topological polar surface area (TPSA) is 61.8 Å². The number of carbonyl (C=O) groups excluding carboxylic acids is 2. The first kappa shape index (κ1) is 18.9. The third-order valence-corrected chi connectivity index (χ3v) is 4.01. The third-order valence-electron chi connectivity index (χ3n) is 3.73. The summed E-state index contributed by atoms with van der Waals surface area (Å²) in [7, 11) is 0. The molecule has 0 saturated carbocycles.